The van der Waals surface area contributed by atoms with Crippen LogP contribution in [0.5, 0.6) is 0 Å². The molecule has 0 bridgehead atoms. The fourth-order valence-corrected chi connectivity index (χ4v) is 2.55. The van der Waals surface area contributed by atoms with Crippen LogP contribution in [0.15, 0.2) is 63.0 Å². The van der Waals surface area contributed by atoms with Crippen molar-refractivity contribution in [3.8, 4) is 0 Å². The van der Waals surface area contributed by atoms with Crippen LogP contribution in [0.4, 0.5) is 5.69 Å². The molecule has 0 aliphatic rings. The van der Waals surface area contributed by atoms with Crippen LogP contribution in [0.3, 0.4) is 0 Å². The molecule has 21 heavy (non-hydrogen) atoms. The molecule has 0 fully saturated rings. The third kappa shape index (κ3) is 5.19. The minimum atomic E-state index is -0.0976. The molecule has 3 nitrogen and oxygen atoms in total. The number of carbonyl (C=O) groups excluding carboxylic acids is 1. The van der Waals surface area contributed by atoms with E-state index in [1.54, 1.807) is 12.1 Å². The second-order valence-electron chi connectivity index (χ2n) is 4.15. The second-order valence-corrected chi connectivity index (χ2v) is 6.56. The van der Waals surface area contributed by atoms with Crippen molar-refractivity contribution in [2.75, 3.05) is 5.43 Å². The Balaban J connectivity index is 2.11. The normalized spacial score (nSPS) is 11.3. The SMILES string of the molecule is CC(=O)C(=NNc1ccc(Br)cc1)Sc1ccc(Cl)cc1. The summed E-state index contributed by atoms with van der Waals surface area (Å²) >= 11 is 10.5. The standard InChI is InChI=1S/C15H12BrClN2OS/c1-10(20)15(21-14-8-4-12(17)5-9-14)19-18-13-6-2-11(16)3-7-13/h2-9,18H,1H3. The van der Waals surface area contributed by atoms with Gasteiger partial charge in [-0.2, -0.15) is 5.10 Å². The lowest BCUT2D eigenvalue weighted by Gasteiger charge is -2.05. The first-order chi connectivity index (χ1) is 10.0. The summed E-state index contributed by atoms with van der Waals surface area (Å²) in [5.74, 6) is -0.0976. The van der Waals surface area contributed by atoms with Crippen molar-refractivity contribution in [3.05, 3.63) is 58.0 Å². The van der Waals surface area contributed by atoms with Gasteiger partial charge in [-0.3, -0.25) is 10.2 Å². The van der Waals surface area contributed by atoms with Gasteiger partial charge in [-0.05, 0) is 48.5 Å². The van der Waals surface area contributed by atoms with Gasteiger partial charge in [0.15, 0.2) is 10.8 Å². The van der Waals surface area contributed by atoms with Gasteiger partial charge < -0.3 is 0 Å². The molecule has 0 heterocycles. The van der Waals surface area contributed by atoms with E-state index >= 15 is 0 Å². The maximum absolute atomic E-state index is 11.7. The number of Topliss-reactive ketones (excluding diaryl/α,β-unsaturated/α-hetero) is 1. The van der Waals surface area contributed by atoms with Gasteiger partial charge in [-0.1, -0.05) is 39.3 Å². The fraction of sp³-hybridized carbons (Fsp3) is 0.0667. The molecule has 108 valence electrons. The molecule has 0 aliphatic carbocycles. The van der Waals surface area contributed by atoms with Crippen LogP contribution >= 0.6 is 39.3 Å². The topological polar surface area (TPSA) is 41.5 Å². The van der Waals surface area contributed by atoms with Gasteiger partial charge in [0.2, 0.25) is 0 Å². The number of anilines is 1. The highest BCUT2D eigenvalue weighted by Crippen LogP contribution is 2.22. The summed E-state index contributed by atoms with van der Waals surface area (Å²) in [5.41, 5.74) is 3.70. The lowest BCUT2D eigenvalue weighted by atomic mass is 10.3. The molecule has 0 unspecified atom stereocenters. The van der Waals surface area contributed by atoms with Gasteiger partial charge in [-0.25, -0.2) is 0 Å². The molecule has 0 spiro atoms. The summed E-state index contributed by atoms with van der Waals surface area (Å²) in [7, 11) is 0. The molecule has 0 aliphatic heterocycles. The summed E-state index contributed by atoms with van der Waals surface area (Å²) in [6.45, 7) is 1.49. The van der Waals surface area contributed by atoms with E-state index in [0.717, 1.165) is 15.1 Å². The number of hydrogen-bond donors (Lipinski definition) is 1. The number of thioether (sulfide) groups is 1. The molecule has 0 saturated carbocycles. The summed E-state index contributed by atoms with van der Waals surface area (Å²) in [6, 6.07) is 14.8. The maximum atomic E-state index is 11.7. The Hall–Kier alpha value is -1.30. The predicted molar refractivity (Wildman–Crippen MR) is 93.2 cm³/mol. The zero-order chi connectivity index (χ0) is 15.2. The van der Waals surface area contributed by atoms with E-state index in [0.29, 0.717) is 10.1 Å². The quantitative estimate of drug-likeness (QED) is 0.341. The summed E-state index contributed by atoms with van der Waals surface area (Å²) in [6.07, 6.45) is 0. The minimum absolute atomic E-state index is 0.0976. The van der Waals surface area contributed by atoms with E-state index < -0.39 is 0 Å². The number of hydrogen-bond acceptors (Lipinski definition) is 4. The molecule has 2 rings (SSSR count). The maximum Gasteiger partial charge on any atom is 0.186 e. The van der Waals surface area contributed by atoms with Crippen molar-refractivity contribution >= 4 is 55.8 Å². The van der Waals surface area contributed by atoms with E-state index in [1.807, 2.05) is 36.4 Å². The Kier molecular flexibility index (Phi) is 5.85. The first-order valence-corrected chi connectivity index (χ1v) is 8.07. The summed E-state index contributed by atoms with van der Waals surface area (Å²) in [5, 5.41) is 5.22. The molecule has 1 N–H and O–H groups in total. The molecule has 0 atom stereocenters. The van der Waals surface area contributed by atoms with Crippen molar-refractivity contribution in [2.24, 2.45) is 5.10 Å². The van der Waals surface area contributed by atoms with Gasteiger partial charge >= 0.3 is 0 Å². The largest absolute Gasteiger partial charge is 0.292 e. The van der Waals surface area contributed by atoms with E-state index in [-0.39, 0.29) is 5.78 Å². The van der Waals surface area contributed by atoms with Gasteiger partial charge in [0.1, 0.15) is 0 Å². The smallest absolute Gasteiger partial charge is 0.186 e. The number of hydrazone groups is 1. The second kappa shape index (κ2) is 7.64. The molecular weight excluding hydrogens is 372 g/mol. The monoisotopic (exact) mass is 382 g/mol. The van der Waals surface area contributed by atoms with Crippen molar-refractivity contribution in [1.29, 1.82) is 0 Å². The molecule has 6 heteroatoms. The lowest BCUT2D eigenvalue weighted by molar-refractivity contribution is -0.110. The van der Waals surface area contributed by atoms with Crippen LogP contribution in [-0.4, -0.2) is 10.8 Å². The Labute approximate surface area is 140 Å². The molecule has 0 amide bonds. The fourth-order valence-electron chi connectivity index (χ4n) is 1.43. The first kappa shape index (κ1) is 16.1. The molecule has 0 aromatic heterocycles. The van der Waals surface area contributed by atoms with Crippen LogP contribution in [0.2, 0.25) is 5.02 Å². The highest BCUT2D eigenvalue weighted by molar-refractivity contribution is 9.10. The third-order valence-corrected chi connectivity index (χ3v) is 4.32. The minimum Gasteiger partial charge on any atom is -0.292 e. The van der Waals surface area contributed by atoms with Gasteiger partial charge in [0, 0.05) is 21.3 Å². The number of halogens is 2. The Bertz CT molecular complexity index is 656. The summed E-state index contributed by atoms with van der Waals surface area (Å²) < 4.78 is 0.986. The predicted octanol–water partition coefficient (Wildman–Crippen LogP) is 5.21. The highest BCUT2D eigenvalue weighted by atomic mass is 79.9. The van der Waals surface area contributed by atoms with Gasteiger partial charge in [0.05, 0.1) is 5.69 Å². The van der Waals surface area contributed by atoms with Crippen molar-refractivity contribution in [3.63, 3.8) is 0 Å². The Morgan fingerprint density at radius 1 is 1.14 bits per heavy atom. The third-order valence-electron chi connectivity index (χ3n) is 2.46. The zero-order valence-electron chi connectivity index (χ0n) is 11.1. The molecule has 2 aromatic carbocycles. The average molecular weight is 384 g/mol. The van der Waals surface area contributed by atoms with E-state index in [9.17, 15) is 4.79 Å². The van der Waals surface area contributed by atoms with Gasteiger partial charge in [-0.15, -0.1) is 0 Å². The average Bonchev–Trinajstić information content (AvgIpc) is 2.47. The van der Waals surface area contributed by atoms with Crippen molar-refractivity contribution in [2.45, 2.75) is 11.8 Å². The van der Waals surface area contributed by atoms with Crippen molar-refractivity contribution < 1.29 is 4.79 Å². The highest BCUT2D eigenvalue weighted by Gasteiger charge is 2.08. The van der Waals surface area contributed by atoms with Crippen LogP contribution in [0, 0.1) is 0 Å². The lowest BCUT2D eigenvalue weighted by Crippen LogP contribution is -2.08. The number of benzene rings is 2. The van der Waals surface area contributed by atoms with Crippen LogP contribution in [0.1, 0.15) is 6.92 Å². The van der Waals surface area contributed by atoms with Crippen molar-refractivity contribution in [1.82, 2.24) is 0 Å². The molecular formula is C15H12BrClN2OS. The van der Waals surface area contributed by atoms with Gasteiger partial charge in [0.25, 0.3) is 0 Å². The molecule has 2 aromatic rings. The first-order valence-electron chi connectivity index (χ1n) is 6.08. The van der Waals surface area contributed by atoms with E-state index in [2.05, 4.69) is 26.5 Å². The van der Waals surface area contributed by atoms with E-state index in [4.69, 9.17) is 11.6 Å². The van der Waals surface area contributed by atoms with Crippen LogP contribution in [-0.2, 0) is 4.79 Å². The van der Waals surface area contributed by atoms with Crippen LogP contribution in [0.25, 0.3) is 0 Å². The summed E-state index contributed by atoms with van der Waals surface area (Å²) in [4.78, 5) is 12.6. The number of ketones is 1. The van der Waals surface area contributed by atoms with E-state index in [1.165, 1.54) is 18.7 Å². The number of nitrogens with zero attached hydrogens (tertiary/aromatic N) is 1. The number of carbonyl (C=O) groups is 1. The number of nitrogens with one attached hydrogen (secondary N) is 1. The Morgan fingerprint density at radius 3 is 2.33 bits per heavy atom. The molecule has 0 saturated heterocycles. The Morgan fingerprint density at radius 2 is 1.76 bits per heavy atom. The van der Waals surface area contributed by atoms with Crippen LogP contribution < -0.4 is 5.43 Å². The molecule has 0 radical (unpaired) electrons. The zero-order valence-corrected chi connectivity index (χ0v) is 14.3. The number of rotatable bonds is 4.